The van der Waals surface area contributed by atoms with Crippen LogP contribution in [-0.4, -0.2) is 58.5 Å². The first-order chi connectivity index (χ1) is 18.7. The van der Waals surface area contributed by atoms with Gasteiger partial charge in [0.15, 0.2) is 6.10 Å². The Hall–Kier alpha value is -2.71. The zero-order valence-electron chi connectivity index (χ0n) is 25.9. The van der Waals surface area contributed by atoms with Crippen molar-refractivity contribution in [2.75, 3.05) is 24.6 Å². The van der Waals surface area contributed by atoms with Gasteiger partial charge in [-0.25, -0.2) is 4.79 Å². The van der Waals surface area contributed by atoms with Crippen LogP contribution in [0.3, 0.4) is 0 Å². The fourth-order valence-electron chi connectivity index (χ4n) is 4.94. The summed E-state index contributed by atoms with van der Waals surface area (Å²) in [5.41, 5.74) is 3.65. The zero-order chi connectivity index (χ0) is 29.7. The monoisotopic (exact) mass is 555 g/mol. The quantitative estimate of drug-likeness (QED) is 0.317. The van der Waals surface area contributed by atoms with Crippen LogP contribution in [-0.2, 0) is 14.3 Å². The lowest BCUT2D eigenvalue weighted by molar-refractivity contribution is -0.171. The third-order valence-corrected chi connectivity index (χ3v) is 7.14. The molecule has 222 valence electrons. The van der Waals surface area contributed by atoms with Gasteiger partial charge in [-0.2, -0.15) is 0 Å². The van der Waals surface area contributed by atoms with E-state index in [0.29, 0.717) is 12.2 Å². The van der Waals surface area contributed by atoms with E-state index in [1.165, 1.54) is 0 Å². The van der Waals surface area contributed by atoms with E-state index in [1.54, 1.807) is 6.20 Å². The number of hydrogen-bond donors (Lipinski definition) is 1. The van der Waals surface area contributed by atoms with Crippen molar-refractivity contribution < 1.29 is 24.1 Å². The fourth-order valence-corrected chi connectivity index (χ4v) is 4.94. The van der Waals surface area contributed by atoms with Crippen molar-refractivity contribution in [1.82, 2.24) is 9.97 Å². The summed E-state index contributed by atoms with van der Waals surface area (Å²) in [5.74, 6) is 0.254. The molecule has 2 unspecified atom stereocenters. The number of piperidine rings is 1. The van der Waals surface area contributed by atoms with E-state index in [2.05, 4.69) is 18.7 Å². The molecule has 3 rings (SSSR count). The van der Waals surface area contributed by atoms with E-state index < -0.39 is 17.7 Å². The lowest BCUT2D eigenvalue weighted by Crippen LogP contribution is -2.39. The largest absolute Gasteiger partial charge is 0.489 e. The third-order valence-electron chi connectivity index (χ3n) is 7.14. The van der Waals surface area contributed by atoms with Crippen LogP contribution in [0, 0.1) is 12.3 Å². The lowest BCUT2D eigenvalue weighted by Gasteiger charge is -2.41. The molecule has 1 saturated heterocycles. The van der Waals surface area contributed by atoms with Crippen LogP contribution in [0.2, 0.25) is 0 Å². The van der Waals surface area contributed by atoms with E-state index in [9.17, 15) is 4.79 Å². The fraction of sp³-hybridized carbons (Fsp3) is 0.656. The number of aliphatic hydroxyl groups excluding tert-OH is 1. The van der Waals surface area contributed by atoms with Crippen molar-refractivity contribution in [3.8, 4) is 17.0 Å². The Morgan fingerprint density at radius 1 is 1.10 bits per heavy atom. The average molecular weight is 556 g/mol. The Morgan fingerprint density at radius 3 is 2.33 bits per heavy atom. The molecule has 1 aliphatic heterocycles. The van der Waals surface area contributed by atoms with Gasteiger partial charge >= 0.3 is 5.97 Å². The number of pyridine rings is 2. The summed E-state index contributed by atoms with van der Waals surface area (Å²) < 4.78 is 18.1. The normalized spacial score (nSPS) is 17.0. The topological polar surface area (TPSA) is 94.0 Å². The predicted molar refractivity (Wildman–Crippen MR) is 159 cm³/mol. The van der Waals surface area contributed by atoms with Gasteiger partial charge in [0, 0.05) is 42.7 Å². The summed E-state index contributed by atoms with van der Waals surface area (Å²) in [5, 5.41) is 9.11. The van der Waals surface area contributed by atoms with Crippen LogP contribution in [0.25, 0.3) is 11.3 Å². The van der Waals surface area contributed by atoms with Crippen LogP contribution in [0.4, 0.5) is 5.69 Å². The number of esters is 1. The highest BCUT2D eigenvalue weighted by atomic mass is 16.6. The lowest BCUT2D eigenvalue weighted by atomic mass is 9.82. The Labute approximate surface area is 240 Å². The van der Waals surface area contributed by atoms with Crippen LogP contribution < -0.4 is 9.64 Å². The molecule has 1 fully saturated rings. The number of hydrogen-bond acceptors (Lipinski definition) is 8. The molecule has 0 aliphatic carbocycles. The molecule has 2 aromatic rings. The molecule has 0 saturated carbocycles. The number of nitrogens with zero attached hydrogens (tertiary/aromatic N) is 3. The minimum Gasteiger partial charge on any atom is -0.489 e. The molecule has 0 spiro atoms. The smallest absolute Gasteiger partial charge is 0.340 e. The first kappa shape index (κ1) is 31.8. The van der Waals surface area contributed by atoms with Gasteiger partial charge in [0.1, 0.15) is 5.75 Å². The summed E-state index contributed by atoms with van der Waals surface area (Å²) >= 11 is 0. The third kappa shape index (κ3) is 8.64. The molecule has 1 aliphatic rings. The van der Waals surface area contributed by atoms with Gasteiger partial charge in [-0.15, -0.1) is 0 Å². The van der Waals surface area contributed by atoms with Gasteiger partial charge in [0.05, 0.1) is 35.4 Å². The minimum absolute atomic E-state index is 0.0259. The number of aryl methyl sites for hydroxylation is 1. The number of aliphatic hydroxyl groups is 1. The molecule has 8 heteroatoms. The second kappa shape index (κ2) is 13.3. The standard InChI is InChI=1S/C32H49N3O5/c1-21(2)38-30(37)29(40-31(5,6)7)27-23(4)33-20-25(28(27)35-16-14-32(8,9)15-17-35)26-13-12-24(19-34-26)39-22(3)11-10-18-36/h12-13,19-22,29,36H,10-11,14-18H2,1-9H3. The molecule has 40 heavy (non-hydrogen) atoms. The number of aromatic nitrogens is 2. The first-order valence-electron chi connectivity index (χ1n) is 14.6. The van der Waals surface area contributed by atoms with Crippen molar-refractivity contribution in [1.29, 1.82) is 0 Å². The Bertz CT molecular complexity index is 1110. The molecule has 0 bridgehead atoms. The Kier molecular flexibility index (Phi) is 10.6. The molecule has 2 aromatic heterocycles. The molecular formula is C32H49N3O5. The summed E-state index contributed by atoms with van der Waals surface area (Å²) in [6, 6.07) is 3.85. The summed E-state index contributed by atoms with van der Waals surface area (Å²) in [6.07, 6.45) is 5.85. The van der Waals surface area contributed by atoms with Crippen molar-refractivity contribution >= 4 is 11.7 Å². The van der Waals surface area contributed by atoms with Crippen LogP contribution >= 0.6 is 0 Å². The maximum atomic E-state index is 13.6. The molecule has 1 N–H and O–H groups in total. The van der Waals surface area contributed by atoms with Gasteiger partial charge in [-0.1, -0.05) is 13.8 Å². The van der Waals surface area contributed by atoms with Crippen molar-refractivity contribution in [3.63, 3.8) is 0 Å². The summed E-state index contributed by atoms with van der Waals surface area (Å²) in [6.45, 7) is 19.9. The second-order valence-corrected chi connectivity index (χ2v) is 12.9. The number of anilines is 1. The van der Waals surface area contributed by atoms with Gasteiger partial charge in [0.2, 0.25) is 0 Å². The van der Waals surface area contributed by atoms with Crippen molar-refractivity contribution in [2.24, 2.45) is 5.41 Å². The van der Waals surface area contributed by atoms with Gasteiger partial charge in [-0.05, 0) is 91.7 Å². The average Bonchev–Trinajstić information content (AvgIpc) is 2.86. The highest BCUT2D eigenvalue weighted by molar-refractivity contribution is 5.86. The zero-order valence-corrected chi connectivity index (χ0v) is 25.9. The highest BCUT2D eigenvalue weighted by Crippen LogP contribution is 2.43. The van der Waals surface area contributed by atoms with E-state index in [-0.39, 0.29) is 24.2 Å². The van der Waals surface area contributed by atoms with Gasteiger partial charge in [-0.3, -0.25) is 9.97 Å². The molecule has 0 radical (unpaired) electrons. The number of ether oxygens (including phenoxy) is 3. The molecule has 0 amide bonds. The Balaban J connectivity index is 2.13. The van der Waals surface area contributed by atoms with Gasteiger partial charge in [0.25, 0.3) is 0 Å². The molecule has 3 heterocycles. The van der Waals surface area contributed by atoms with E-state index >= 15 is 0 Å². The SMILES string of the molecule is Cc1ncc(-c2ccc(OC(C)CCCO)cn2)c(N2CCC(C)(C)CC2)c1C(OC(C)(C)C)C(=O)OC(C)C. The van der Waals surface area contributed by atoms with Crippen LogP contribution in [0.15, 0.2) is 24.5 Å². The minimum atomic E-state index is -0.935. The second-order valence-electron chi connectivity index (χ2n) is 12.9. The van der Waals surface area contributed by atoms with Crippen LogP contribution in [0.1, 0.15) is 98.4 Å². The van der Waals surface area contributed by atoms with Gasteiger partial charge < -0.3 is 24.2 Å². The highest BCUT2D eigenvalue weighted by Gasteiger charge is 2.37. The van der Waals surface area contributed by atoms with E-state index in [0.717, 1.165) is 60.6 Å². The number of carbonyl (C=O) groups is 1. The summed E-state index contributed by atoms with van der Waals surface area (Å²) in [4.78, 5) is 25.4. The molecule has 8 nitrogen and oxygen atoms in total. The Morgan fingerprint density at radius 2 is 1.77 bits per heavy atom. The molecular weight excluding hydrogens is 506 g/mol. The maximum Gasteiger partial charge on any atom is 0.340 e. The maximum absolute atomic E-state index is 13.6. The van der Waals surface area contributed by atoms with Crippen LogP contribution in [0.5, 0.6) is 5.75 Å². The molecule has 0 aromatic carbocycles. The van der Waals surface area contributed by atoms with E-state index in [4.69, 9.17) is 29.3 Å². The van der Waals surface area contributed by atoms with Crippen molar-refractivity contribution in [2.45, 2.75) is 112 Å². The number of carbonyl (C=O) groups excluding carboxylic acids is 1. The predicted octanol–water partition coefficient (Wildman–Crippen LogP) is 6.43. The van der Waals surface area contributed by atoms with Crippen molar-refractivity contribution in [3.05, 3.63) is 35.8 Å². The molecule has 2 atom stereocenters. The first-order valence-corrected chi connectivity index (χ1v) is 14.6. The van der Waals surface area contributed by atoms with E-state index in [1.807, 2.05) is 66.8 Å². The summed E-state index contributed by atoms with van der Waals surface area (Å²) in [7, 11) is 0. The number of rotatable bonds is 11.